The maximum Gasteiger partial charge on any atom is 0.573 e. The number of para-hydroxylation sites is 1. The lowest BCUT2D eigenvalue weighted by molar-refractivity contribution is -0.274. The monoisotopic (exact) mass is 400 g/mol. The predicted molar refractivity (Wildman–Crippen MR) is 106 cm³/mol. The van der Waals surface area contributed by atoms with Crippen LogP contribution in [-0.4, -0.2) is 11.3 Å². The van der Waals surface area contributed by atoms with Crippen molar-refractivity contribution in [3.8, 4) is 16.3 Å². The number of rotatable bonds is 5. The van der Waals surface area contributed by atoms with E-state index in [1.165, 1.54) is 12.1 Å². The largest absolute Gasteiger partial charge is 0.573 e. The van der Waals surface area contributed by atoms with E-state index in [1.807, 2.05) is 48.5 Å². The Morgan fingerprint density at radius 1 is 0.929 bits per heavy atom. The van der Waals surface area contributed by atoms with Gasteiger partial charge in [-0.1, -0.05) is 36.4 Å². The third-order valence-corrected chi connectivity index (χ3v) is 5.14. The van der Waals surface area contributed by atoms with Crippen molar-refractivity contribution >= 4 is 27.2 Å². The SMILES string of the molecule is FC(F)(F)Oc1ccc(CNc2cccc(-c3nc4ccccc4s3)c2)cc1. The number of alkyl halides is 3. The average Bonchev–Trinajstić information content (AvgIpc) is 3.11. The van der Waals surface area contributed by atoms with Crippen LogP contribution in [0.3, 0.4) is 0 Å². The molecule has 142 valence electrons. The van der Waals surface area contributed by atoms with Gasteiger partial charge in [0.05, 0.1) is 10.2 Å². The number of nitrogens with zero attached hydrogens (tertiary/aromatic N) is 1. The molecule has 4 rings (SSSR count). The van der Waals surface area contributed by atoms with Crippen molar-refractivity contribution in [1.29, 1.82) is 0 Å². The second kappa shape index (κ2) is 7.52. The molecule has 0 saturated heterocycles. The van der Waals surface area contributed by atoms with E-state index in [0.29, 0.717) is 6.54 Å². The zero-order valence-electron chi connectivity index (χ0n) is 14.5. The molecule has 1 N–H and O–H groups in total. The van der Waals surface area contributed by atoms with E-state index in [2.05, 4.69) is 15.0 Å². The topological polar surface area (TPSA) is 34.1 Å². The summed E-state index contributed by atoms with van der Waals surface area (Å²) in [5, 5.41) is 4.23. The molecule has 1 heterocycles. The summed E-state index contributed by atoms with van der Waals surface area (Å²) in [5.41, 5.74) is 3.74. The molecule has 0 aliphatic heterocycles. The average molecular weight is 400 g/mol. The second-order valence-electron chi connectivity index (χ2n) is 6.11. The minimum absolute atomic E-state index is 0.228. The quantitative estimate of drug-likeness (QED) is 0.417. The molecule has 1 aromatic heterocycles. The fraction of sp³-hybridized carbons (Fsp3) is 0.0952. The van der Waals surface area contributed by atoms with Crippen LogP contribution in [0.5, 0.6) is 5.75 Å². The van der Waals surface area contributed by atoms with Gasteiger partial charge < -0.3 is 10.1 Å². The third kappa shape index (κ3) is 4.43. The molecule has 0 aliphatic carbocycles. The number of ether oxygens (including phenoxy) is 1. The van der Waals surface area contributed by atoms with Crippen molar-refractivity contribution in [3.63, 3.8) is 0 Å². The van der Waals surface area contributed by atoms with E-state index in [-0.39, 0.29) is 5.75 Å². The zero-order valence-corrected chi connectivity index (χ0v) is 15.3. The van der Waals surface area contributed by atoms with Crippen LogP contribution in [0.1, 0.15) is 5.56 Å². The zero-order chi connectivity index (χ0) is 19.6. The predicted octanol–water partition coefficient (Wildman–Crippen LogP) is 6.47. The van der Waals surface area contributed by atoms with Gasteiger partial charge in [-0.05, 0) is 42.0 Å². The third-order valence-electron chi connectivity index (χ3n) is 4.06. The molecule has 0 amide bonds. The van der Waals surface area contributed by atoms with Crippen LogP contribution in [0.15, 0.2) is 72.8 Å². The van der Waals surface area contributed by atoms with E-state index in [9.17, 15) is 13.2 Å². The van der Waals surface area contributed by atoms with Crippen molar-refractivity contribution in [3.05, 3.63) is 78.4 Å². The molecular weight excluding hydrogens is 385 g/mol. The highest BCUT2D eigenvalue weighted by molar-refractivity contribution is 7.21. The van der Waals surface area contributed by atoms with Gasteiger partial charge in [-0.15, -0.1) is 24.5 Å². The highest BCUT2D eigenvalue weighted by atomic mass is 32.1. The summed E-state index contributed by atoms with van der Waals surface area (Å²) in [6, 6.07) is 21.7. The number of benzene rings is 3. The number of aromatic nitrogens is 1. The van der Waals surface area contributed by atoms with E-state index in [0.717, 1.165) is 32.0 Å². The van der Waals surface area contributed by atoms with Gasteiger partial charge in [0.1, 0.15) is 10.8 Å². The van der Waals surface area contributed by atoms with Gasteiger partial charge in [0.25, 0.3) is 0 Å². The Labute approximate surface area is 163 Å². The summed E-state index contributed by atoms with van der Waals surface area (Å²) in [4.78, 5) is 4.67. The Morgan fingerprint density at radius 2 is 1.71 bits per heavy atom. The summed E-state index contributed by atoms with van der Waals surface area (Å²) < 4.78 is 41.7. The maximum atomic E-state index is 12.2. The lowest BCUT2D eigenvalue weighted by Gasteiger charge is -2.10. The molecule has 7 heteroatoms. The Morgan fingerprint density at radius 3 is 2.46 bits per heavy atom. The number of nitrogens with one attached hydrogen (secondary N) is 1. The van der Waals surface area contributed by atoms with Gasteiger partial charge in [-0.2, -0.15) is 0 Å². The van der Waals surface area contributed by atoms with Gasteiger partial charge in [-0.25, -0.2) is 4.98 Å². The van der Waals surface area contributed by atoms with Gasteiger partial charge in [0.2, 0.25) is 0 Å². The summed E-state index contributed by atoms with van der Waals surface area (Å²) in [7, 11) is 0. The normalized spacial score (nSPS) is 11.5. The Kier molecular flexibility index (Phi) is 4.92. The van der Waals surface area contributed by atoms with Crippen molar-refractivity contribution in [1.82, 2.24) is 4.98 Å². The molecular formula is C21H15F3N2OS. The molecule has 3 aromatic carbocycles. The molecule has 0 bridgehead atoms. The Balaban J connectivity index is 1.45. The van der Waals surface area contributed by atoms with Gasteiger partial charge >= 0.3 is 6.36 Å². The first kappa shape index (κ1) is 18.3. The van der Waals surface area contributed by atoms with Crippen molar-refractivity contribution < 1.29 is 17.9 Å². The van der Waals surface area contributed by atoms with Gasteiger partial charge in [0.15, 0.2) is 0 Å². The molecule has 4 aromatic rings. The second-order valence-corrected chi connectivity index (χ2v) is 7.14. The van der Waals surface area contributed by atoms with E-state index >= 15 is 0 Å². The first-order chi connectivity index (χ1) is 13.5. The van der Waals surface area contributed by atoms with Crippen LogP contribution in [0.25, 0.3) is 20.8 Å². The van der Waals surface area contributed by atoms with Crippen LogP contribution in [0.4, 0.5) is 18.9 Å². The molecule has 0 atom stereocenters. The number of fused-ring (bicyclic) bond motifs is 1. The number of hydrogen-bond acceptors (Lipinski definition) is 4. The number of halogens is 3. The summed E-state index contributed by atoms with van der Waals surface area (Å²) in [5.74, 6) is -0.228. The van der Waals surface area contributed by atoms with Crippen LogP contribution in [0, 0.1) is 0 Å². The van der Waals surface area contributed by atoms with Crippen LogP contribution in [0.2, 0.25) is 0 Å². The Bertz CT molecular complexity index is 1060. The minimum atomic E-state index is -4.68. The highest BCUT2D eigenvalue weighted by Crippen LogP contribution is 2.31. The van der Waals surface area contributed by atoms with E-state index < -0.39 is 6.36 Å². The van der Waals surface area contributed by atoms with Gasteiger partial charge in [-0.3, -0.25) is 0 Å². The summed E-state index contributed by atoms with van der Waals surface area (Å²) in [6.45, 7) is 0.482. The van der Waals surface area contributed by atoms with E-state index in [4.69, 9.17) is 0 Å². The fourth-order valence-electron chi connectivity index (χ4n) is 2.77. The molecule has 0 saturated carbocycles. The number of thiazole rings is 1. The maximum absolute atomic E-state index is 12.2. The van der Waals surface area contributed by atoms with Crippen molar-refractivity contribution in [2.24, 2.45) is 0 Å². The molecule has 28 heavy (non-hydrogen) atoms. The molecule has 0 aliphatic rings. The summed E-state index contributed by atoms with van der Waals surface area (Å²) in [6.07, 6.45) is -4.68. The smallest absolute Gasteiger partial charge is 0.406 e. The fourth-order valence-corrected chi connectivity index (χ4v) is 3.73. The first-order valence-electron chi connectivity index (χ1n) is 8.51. The number of anilines is 1. The number of hydrogen-bond donors (Lipinski definition) is 1. The molecule has 3 nitrogen and oxygen atoms in total. The highest BCUT2D eigenvalue weighted by Gasteiger charge is 2.30. The summed E-state index contributed by atoms with van der Waals surface area (Å²) >= 11 is 1.63. The molecule has 0 radical (unpaired) electrons. The lowest BCUT2D eigenvalue weighted by Crippen LogP contribution is -2.17. The van der Waals surface area contributed by atoms with Crippen LogP contribution in [-0.2, 0) is 6.54 Å². The van der Waals surface area contributed by atoms with Crippen LogP contribution < -0.4 is 10.1 Å². The molecule has 0 fully saturated rings. The van der Waals surface area contributed by atoms with Crippen molar-refractivity contribution in [2.75, 3.05) is 5.32 Å². The van der Waals surface area contributed by atoms with Crippen LogP contribution >= 0.6 is 11.3 Å². The standard InChI is InChI=1S/C21H15F3N2OS/c22-21(23,24)27-17-10-8-14(9-11-17)13-25-16-5-3-4-15(12-16)20-26-18-6-1-2-7-19(18)28-20/h1-12,25H,13H2. The van der Waals surface area contributed by atoms with Crippen molar-refractivity contribution in [2.45, 2.75) is 12.9 Å². The minimum Gasteiger partial charge on any atom is -0.406 e. The first-order valence-corrected chi connectivity index (χ1v) is 9.32. The molecule has 0 unspecified atom stereocenters. The lowest BCUT2D eigenvalue weighted by atomic mass is 10.2. The Hall–Kier alpha value is -3.06. The van der Waals surface area contributed by atoms with E-state index in [1.54, 1.807) is 23.5 Å². The van der Waals surface area contributed by atoms with Gasteiger partial charge in [0, 0.05) is 17.8 Å². The molecule has 0 spiro atoms.